The SMILES string of the molecule is COCCOc1ccc(CNC(=O)c2cc(C(C)C)nc3onc(C)c23)cn1. The van der Waals surface area contributed by atoms with Crippen molar-refractivity contribution < 1.29 is 18.8 Å². The van der Waals surface area contributed by atoms with Gasteiger partial charge in [0.1, 0.15) is 6.61 Å². The van der Waals surface area contributed by atoms with Gasteiger partial charge in [-0.2, -0.15) is 0 Å². The van der Waals surface area contributed by atoms with Gasteiger partial charge in [0.2, 0.25) is 5.88 Å². The van der Waals surface area contributed by atoms with E-state index in [1.54, 1.807) is 32.4 Å². The van der Waals surface area contributed by atoms with Crippen molar-refractivity contribution >= 4 is 17.0 Å². The van der Waals surface area contributed by atoms with Gasteiger partial charge in [-0.3, -0.25) is 4.79 Å². The van der Waals surface area contributed by atoms with Crippen molar-refractivity contribution in [3.8, 4) is 5.88 Å². The number of pyridine rings is 2. The molecule has 3 heterocycles. The molecule has 0 atom stereocenters. The van der Waals surface area contributed by atoms with Crippen LogP contribution in [0.4, 0.5) is 0 Å². The number of carbonyl (C=O) groups is 1. The summed E-state index contributed by atoms with van der Waals surface area (Å²) in [6, 6.07) is 5.43. The number of fused-ring (bicyclic) bond motifs is 1. The van der Waals surface area contributed by atoms with Gasteiger partial charge in [-0.15, -0.1) is 0 Å². The number of nitrogens with one attached hydrogen (secondary N) is 1. The summed E-state index contributed by atoms with van der Waals surface area (Å²) in [6.07, 6.45) is 1.68. The lowest BCUT2D eigenvalue weighted by molar-refractivity contribution is 0.0952. The summed E-state index contributed by atoms with van der Waals surface area (Å²) >= 11 is 0. The zero-order valence-corrected chi connectivity index (χ0v) is 16.5. The molecule has 1 N–H and O–H groups in total. The van der Waals surface area contributed by atoms with E-state index in [-0.39, 0.29) is 11.8 Å². The summed E-state index contributed by atoms with van der Waals surface area (Å²) in [7, 11) is 1.62. The lowest BCUT2D eigenvalue weighted by Crippen LogP contribution is -2.23. The van der Waals surface area contributed by atoms with Crippen molar-refractivity contribution in [3.05, 3.63) is 46.9 Å². The van der Waals surface area contributed by atoms with Gasteiger partial charge in [0, 0.05) is 31.6 Å². The molecule has 3 aromatic heterocycles. The Balaban J connectivity index is 1.72. The molecule has 0 aromatic carbocycles. The Bertz CT molecular complexity index is 951. The molecule has 0 fully saturated rings. The Morgan fingerprint density at radius 2 is 2.11 bits per heavy atom. The fourth-order valence-electron chi connectivity index (χ4n) is 2.70. The van der Waals surface area contributed by atoms with E-state index in [1.807, 2.05) is 19.9 Å². The van der Waals surface area contributed by atoms with Crippen LogP contribution < -0.4 is 10.1 Å². The third-order valence-electron chi connectivity index (χ3n) is 4.26. The summed E-state index contributed by atoms with van der Waals surface area (Å²) in [5, 5.41) is 7.51. The molecule has 0 bridgehead atoms. The van der Waals surface area contributed by atoms with Crippen LogP contribution in [0.3, 0.4) is 0 Å². The third kappa shape index (κ3) is 4.45. The number of methoxy groups -OCH3 is 1. The molecule has 28 heavy (non-hydrogen) atoms. The quantitative estimate of drug-likeness (QED) is 0.596. The highest BCUT2D eigenvalue weighted by atomic mass is 16.5. The lowest BCUT2D eigenvalue weighted by atomic mass is 10.0. The van der Waals surface area contributed by atoms with Gasteiger partial charge in [0.25, 0.3) is 11.6 Å². The lowest BCUT2D eigenvalue weighted by Gasteiger charge is -2.10. The van der Waals surface area contributed by atoms with Crippen molar-refractivity contribution in [1.82, 2.24) is 20.4 Å². The number of nitrogens with zero attached hydrogens (tertiary/aromatic N) is 3. The van der Waals surface area contributed by atoms with Gasteiger partial charge in [0.05, 0.1) is 23.3 Å². The Hall–Kier alpha value is -3.00. The van der Waals surface area contributed by atoms with Crippen LogP contribution in [0.25, 0.3) is 11.1 Å². The maximum Gasteiger partial charge on any atom is 0.259 e. The first-order valence-electron chi connectivity index (χ1n) is 9.11. The molecular weight excluding hydrogens is 360 g/mol. The van der Waals surface area contributed by atoms with Crippen molar-refractivity contribution in [1.29, 1.82) is 0 Å². The minimum Gasteiger partial charge on any atom is -0.475 e. The largest absolute Gasteiger partial charge is 0.475 e. The van der Waals surface area contributed by atoms with Crippen molar-refractivity contribution in [3.63, 3.8) is 0 Å². The van der Waals surface area contributed by atoms with E-state index in [0.29, 0.717) is 48.0 Å². The fraction of sp³-hybridized carbons (Fsp3) is 0.400. The molecule has 1 amide bonds. The minimum atomic E-state index is -0.207. The molecule has 0 aliphatic carbocycles. The number of hydrogen-bond acceptors (Lipinski definition) is 7. The van der Waals surface area contributed by atoms with E-state index in [2.05, 4.69) is 20.4 Å². The molecule has 0 radical (unpaired) electrons. The van der Waals surface area contributed by atoms with Gasteiger partial charge in [-0.25, -0.2) is 9.97 Å². The maximum absolute atomic E-state index is 12.8. The molecule has 148 valence electrons. The number of aryl methyl sites for hydroxylation is 1. The maximum atomic E-state index is 12.8. The highest BCUT2D eigenvalue weighted by Gasteiger charge is 2.19. The highest BCUT2D eigenvalue weighted by molar-refractivity contribution is 6.06. The normalized spacial score (nSPS) is 11.2. The van der Waals surface area contributed by atoms with Crippen LogP contribution in [0.15, 0.2) is 28.9 Å². The van der Waals surface area contributed by atoms with Gasteiger partial charge in [-0.05, 0) is 24.5 Å². The summed E-state index contributed by atoms with van der Waals surface area (Å²) in [5.74, 6) is 0.474. The highest BCUT2D eigenvalue weighted by Crippen LogP contribution is 2.25. The number of ether oxygens (including phenoxy) is 2. The standard InChI is InChI=1S/C20H24N4O4/c1-12(2)16-9-15(18-13(3)24-28-20(18)23-16)19(25)22-11-14-5-6-17(21-10-14)27-8-7-26-4/h5-6,9-10,12H,7-8,11H2,1-4H3,(H,22,25). The van der Waals surface area contributed by atoms with E-state index >= 15 is 0 Å². The zero-order chi connectivity index (χ0) is 20.1. The Morgan fingerprint density at radius 3 is 2.79 bits per heavy atom. The Kier molecular flexibility index (Phi) is 6.20. The van der Waals surface area contributed by atoms with Crippen LogP contribution in [-0.2, 0) is 11.3 Å². The molecule has 0 spiro atoms. The van der Waals surface area contributed by atoms with Crippen LogP contribution in [0.1, 0.15) is 47.1 Å². The monoisotopic (exact) mass is 384 g/mol. The fourth-order valence-corrected chi connectivity index (χ4v) is 2.70. The van der Waals surface area contributed by atoms with Crippen LogP contribution in [0, 0.1) is 6.92 Å². The second-order valence-corrected chi connectivity index (χ2v) is 6.73. The molecular formula is C20H24N4O4. The molecule has 8 heteroatoms. The second-order valence-electron chi connectivity index (χ2n) is 6.73. The van der Waals surface area contributed by atoms with Gasteiger partial charge < -0.3 is 19.3 Å². The van der Waals surface area contributed by atoms with Crippen LogP contribution in [0.5, 0.6) is 5.88 Å². The third-order valence-corrected chi connectivity index (χ3v) is 4.26. The van der Waals surface area contributed by atoms with E-state index in [4.69, 9.17) is 14.0 Å². The van der Waals surface area contributed by atoms with E-state index < -0.39 is 0 Å². The minimum absolute atomic E-state index is 0.163. The predicted octanol–water partition coefficient (Wildman–Crippen LogP) is 3.00. The Labute approximate surface area is 163 Å². The van der Waals surface area contributed by atoms with Crippen LogP contribution in [0.2, 0.25) is 0 Å². The molecule has 0 unspecified atom stereocenters. The van der Waals surface area contributed by atoms with Gasteiger partial charge in [0.15, 0.2) is 0 Å². The van der Waals surface area contributed by atoms with Gasteiger partial charge in [-0.1, -0.05) is 25.1 Å². The summed E-state index contributed by atoms with van der Waals surface area (Å²) in [5.41, 5.74) is 3.19. The molecule has 0 aliphatic heterocycles. The first-order chi connectivity index (χ1) is 13.5. The molecule has 3 rings (SSSR count). The molecule has 0 aliphatic rings. The molecule has 0 saturated heterocycles. The topological polar surface area (TPSA) is 99.4 Å². The van der Waals surface area contributed by atoms with E-state index in [1.165, 1.54) is 0 Å². The van der Waals surface area contributed by atoms with Crippen LogP contribution >= 0.6 is 0 Å². The molecule has 3 aromatic rings. The second kappa shape index (κ2) is 8.79. The predicted molar refractivity (Wildman–Crippen MR) is 103 cm³/mol. The number of rotatable bonds is 8. The average molecular weight is 384 g/mol. The average Bonchev–Trinajstić information content (AvgIpc) is 3.07. The summed E-state index contributed by atoms with van der Waals surface area (Å²) < 4.78 is 15.6. The van der Waals surface area contributed by atoms with E-state index in [0.717, 1.165) is 11.3 Å². The van der Waals surface area contributed by atoms with Crippen molar-refractivity contribution in [2.24, 2.45) is 0 Å². The first-order valence-corrected chi connectivity index (χ1v) is 9.11. The van der Waals surface area contributed by atoms with Crippen LogP contribution in [-0.4, -0.2) is 41.4 Å². The number of amides is 1. The number of hydrogen-bond donors (Lipinski definition) is 1. The Morgan fingerprint density at radius 1 is 1.29 bits per heavy atom. The number of aromatic nitrogens is 3. The molecule has 0 saturated carbocycles. The van der Waals surface area contributed by atoms with Crippen molar-refractivity contribution in [2.75, 3.05) is 20.3 Å². The summed E-state index contributed by atoms with van der Waals surface area (Å²) in [4.78, 5) is 21.5. The van der Waals surface area contributed by atoms with Crippen molar-refractivity contribution in [2.45, 2.75) is 33.2 Å². The van der Waals surface area contributed by atoms with E-state index in [9.17, 15) is 4.79 Å². The first kappa shape index (κ1) is 19.8. The smallest absolute Gasteiger partial charge is 0.259 e. The molecule has 8 nitrogen and oxygen atoms in total. The number of carbonyl (C=O) groups excluding carboxylic acids is 1. The van der Waals surface area contributed by atoms with Gasteiger partial charge >= 0.3 is 0 Å². The summed E-state index contributed by atoms with van der Waals surface area (Å²) in [6.45, 7) is 7.11. The zero-order valence-electron chi connectivity index (χ0n) is 16.5.